The summed E-state index contributed by atoms with van der Waals surface area (Å²) in [5, 5.41) is 15.1. The molecule has 0 saturated heterocycles. The Kier molecular flexibility index (Phi) is 4.11. The SMILES string of the molecule is NS(=O)(=O)c1ccc(NC(=O)c2ccc(-c3nnco3)cc2)cc1. The molecular formula is C15H12N4O4S. The van der Waals surface area contributed by atoms with Gasteiger partial charge in [0.05, 0.1) is 4.90 Å². The van der Waals surface area contributed by atoms with E-state index in [1.165, 1.54) is 30.7 Å². The first-order valence-corrected chi connectivity index (χ1v) is 8.29. The Labute approximate surface area is 137 Å². The average molecular weight is 344 g/mol. The van der Waals surface area contributed by atoms with Crippen molar-refractivity contribution in [2.75, 3.05) is 5.32 Å². The second-order valence-corrected chi connectivity index (χ2v) is 6.41. The number of amides is 1. The van der Waals surface area contributed by atoms with Gasteiger partial charge in [0.15, 0.2) is 0 Å². The molecule has 0 saturated carbocycles. The minimum atomic E-state index is -3.76. The molecule has 3 rings (SSSR count). The van der Waals surface area contributed by atoms with Crippen molar-refractivity contribution in [1.29, 1.82) is 0 Å². The number of anilines is 1. The summed E-state index contributed by atoms with van der Waals surface area (Å²) in [5.41, 5.74) is 1.57. The molecule has 0 unspecified atom stereocenters. The second-order valence-electron chi connectivity index (χ2n) is 4.84. The van der Waals surface area contributed by atoms with Crippen LogP contribution in [0.4, 0.5) is 5.69 Å². The predicted molar refractivity (Wildman–Crippen MR) is 85.5 cm³/mol. The Morgan fingerprint density at radius 1 is 1.04 bits per heavy atom. The smallest absolute Gasteiger partial charge is 0.255 e. The van der Waals surface area contributed by atoms with Crippen LogP contribution >= 0.6 is 0 Å². The number of rotatable bonds is 4. The van der Waals surface area contributed by atoms with E-state index in [-0.39, 0.29) is 10.8 Å². The van der Waals surface area contributed by atoms with E-state index in [9.17, 15) is 13.2 Å². The number of primary sulfonamides is 1. The number of nitrogens with zero attached hydrogens (tertiary/aromatic N) is 2. The first-order valence-electron chi connectivity index (χ1n) is 6.74. The van der Waals surface area contributed by atoms with Gasteiger partial charge in [-0.1, -0.05) is 0 Å². The lowest BCUT2D eigenvalue weighted by atomic mass is 10.1. The lowest BCUT2D eigenvalue weighted by Crippen LogP contribution is -2.13. The Hall–Kier alpha value is -3.04. The molecule has 0 atom stereocenters. The maximum absolute atomic E-state index is 12.2. The predicted octanol–water partition coefficient (Wildman–Crippen LogP) is 1.64. The highest BCUT2D eigenvalue weighted by Gasteiger charge is 2.10. The van der Waals surface area contributed by atoms with Crippen LogP contribution < -0.4 is 10.5 Å². The molecule has 0 fully saturated rings. The van der Waals surface area contributed by atoms with E-state index in [2.05, 4.69) is 15.5 Å². The van der Waals surface area contributed by atoms with Gasteiger partial charge in [0, 0.05) is 16.8 Å². The molecule has 24 heavy (non-hydrogen) atoms. The van der Waals surface area contributed by atoms with Gasteiger partial charge in [0.25, 0.3) is 5.91 Å². The number of nitrogens with two attached hydrogens (primary N) is 1. The van der Waals surface area contributed by atoms with E-state index in [1.54, 1.807) is 24.3 Å². The van der Waals surface area contributed by atoms with Crippen LogP contribution in [0.25, 0.3) is 11.5 Å². The number of sulfonamides is 1. The van der Waals surface area contributed by atoms with Gasteiger partial charge in [0.2, 0.25) is 22.3 Å². The van der Waals surface area contributed by atoms with Crippen LogP contribution in [-0.4, -0.2) is 24.5 Å². The first kappa shape index (κ1) is 15.8. The zero-order chi connectivity index (χ0) is 17.2. The van der Waals surface area contributed by atoms with Gasteiger partial charge in [0.1, 0.15) is 0 Å². The number of benzene rings is 2. The molecule has 1 heterocycles. The molecule has 0 spiro atoms. The zero-order valence-electron chi connectivity index (χ0n) is 12.2. The third-order valence-electron chi connectivity index (χ3n) is 3.19. The van der Waals surface area contributed by atoms with E-state index < -0.39 is 10.0 Å². The number of aromatic nitrogens is 2. The molecule has 122 valence electrons. The van der Waals surface area contributed by atoms with Crippen LogP contribution in [0.3, 0.4) is 0 Å². The molecule has 0 radical (unpaired) electrons. The summed E-state index contributed by atoms with van der Waals surface area (Å²) in [4.78, 5) is 12.2. The normalized spacial score (nSPS) is 11.2. The number of nitrogens with one attached hydrogen (secondary N) is 1. The van der Waals surface area contributed by atoms with Crippen molar-refractivity contribution >= 4 is 21.6 Å². The van der Waals surface area contributed by atoms with Crippen LogP contribution in [0.2, 0.25) is 0 Å². The van der Waals surface area contributed by atoms with Crippen LogP contribution in [0.1, 0.15) is 10.4 Å². The molecule has 2 aromatic carbocycles. The van der Waals surface area contributed by atoms with E-state index in [0.717, 1.165) is 0 Å². The minimum Gasteiger partial charge on any atom is -0.423 e. The Balaban J connectivity index is 1.73. The second kappa shape index (κ2) is 6.22. The molecule has 0 aliphatic heterocycles. The van der Waals surface area contributed by atoms with E-state index in [1.807, 2.05) is 0 Å². The number of carbonyl (C=O) groups is 1. The van der Waals surface area contributed by atoms with Crippen molar-refractivity contribution in [3.8, 4) is 11.5 Å². The summed E-state index contributed by atoms with van der Waals surface area (Å²) >= 11 is 0. The summed E-state index contributed by atoms with van der Waals surface area (Å²) < 4.78 is 27.5. The number of hydrogen-bond acceptors (Lipinski definition) is 6. The summed E-state index contributed by atoms with van der Waals surface area (Å²) in [6.07, 6.45) is 1.22. The maximum atomic E-state index is 12.2. The first-order chi connectivity index (χ1) is 11.4. The quantitative estimate of drug-likeness (QED) is 0.740. The molecule has 3 N–H and O–H groups in total. The molecule has 3 aromatic rings. The highest BCUT2D eigenvalue weighted by atomic mass is 32.2. The standard InChI is InChI=1S/C15H12N4O4S/c16-24(21,22)13-7-5-12(6-8-13)18-14(20)10-1-3-11(4-2-10)15-19-17-9-23-15/h1-9H,(H,18,20)(H2,16,21,22). The Bertz CT molecular complexity index is 950. The van der Waals surface area contributed by atoms with E-state index in [0.29, 0.717) is 22.7 Å². The van der Waals surface area contributed by atoms with Crippen LogP contribution in [0, 0.1) is 0 Å². The van der Waals surface area contributed by atoms with Crippen molar-refractivity contribution in [2.24, 2.45) is 5.14 Å². The number of hydrogen-bond donors (Lipinski definition) is 2. The highest BCUT2D eigenvalue weighted by Crippen LogP contribution is 2.18. The number of carbonyl (C=O) groups excluding carboxylic acids is 1. The monoisotopic (exact) mass is 344 g/mol. The maximum Gasteiger partial charge on any atom is 0.255 e. The third kappa shape index (κ3) is 3.47. The highest BCUT2D eigenvalue weighted by molar-refractivity contribution is 7.89. The van der Waals surface area contributed by atoms with Crippen molar-refractivity contribution < 1.29 is 17.6 Å². The molecule has 0 aliphatic rings. The van der Waals surface area contributed by atoms with Crippen molar-refractivity contribution in [3.63, 3.8) is 0 Å². The fourth-order valence-corrected chi connectivity index (χ4v) is 2.51. The minimum absolute atomic E-state index is 0.0237. The third-order valence-corrected chi connectivity index (χ3v) is 4.12. The van der Waals surface area contributed by atoms with Gasteiger partial charge in [-0.15, -0.1) is 10.2 Å². The summed E-state index contributed by atoms with van der Waals surface area (Å²) in [5.74, 6) is 0.0241. The van der Waals surface area contributed by atoms with Crippen LogP contribution in [0.5, 0.6) is 0 Å². The lowest BCUT2D eigenvalue weighted by molar-refractivity contribution is 0.102. The van der Waals surface area contributed by atoms with Gasteiger partial charge in [-0.2, -0.15) is 0 Å². The van der Waals surface area contributed by atoms with Crippen molar-refractivity contribution in [3.05, 3.63) is 60.5 Å². The topological polar surface area (TPSA) is 128 Å². The van der Waals surface area contributed by atoms with Gasteiger partial charge in [-0.05, 0) is 48.5 Å². The summed E-state index contributed by atoms with van der Waals surface area (Å²) in [7, 11) is -3.76. The van der Waals surface area contributed by atoms with Crippen molar-refractivity contribution in [2.45, 2.75) is 4.90 Å². The van der Waals surface area contributed by atoms with Crippen molar-refractivity contribution in [1.82, 2.24) is 10.2 Å². The van der Waals surface area contributed by atoms with Gasteiger partial charge in [-0.3, -0.25) is 4.79 Å². The molecule has 1 aromatic heterocycles. The summed E-state index contributed by atoms with van der Waals surface area (Å²) in [6.45, 7) is 0. The zero-order valence-corrected chi connectivity index (χ0v) is 13.0. The lowest BCUT2D eigenvalue weighted by Gasteiger charge is -2.06. The van der Waals surface area contributed by atoms with Crippen LogP contribution in [-0.2, 0) is 10.0 Å². The fourth-order valence-electron chi connectivity index (χ4n) is 1.99. The average Bonchev–Trinajstić information content (AvgIpc) is 3.09. The van der Waals surface area contributed by atoms with Gasteiger partial charge in [-0.25, -0.2) is 13.6 Å². The van der Waals surface area contributed by atoms with Gasteiger partial charge < -0.3 is 9.73 Å². The molecule has 9 heteroatoms. The largest absolute Gasteiger partial charge is 0.423 e. The van der Waals surface area contributed by atoms with E-state index >= 15 is 0 Å². The summed E-state index contributed by atoms with van der Waals surface area (Å²) in [6, 6.07) is 12.2. The Morgan fingerprint density at radius 3 is 2.25 bits per heavy atom. The Morgan fingerprint density at radius 2 is 1.71 bits per heavy atom. The molecular weight excluding hydrogens is 332 g/mol. The molecule has 8 nitrogen and oxygen atoms in total. The molecule has 1 amide bonds. The molecule has 0 aliphatic carbocycles. The van der Waals surface area contributed by atoms with Gasteiger partial charge >= 0.3 is 0 Å². The fraction of sp³-hybridized carbons (Fsp3) is 0. The van der Waals surface area contributed by atoms with E-state index in [4.69, 9.17) is 9.56 Å². The van der Waals surface area contributed by atoms with Crippen LogP contribution in [0.15, 0.2) is 64.2 Å². The molecule has 0 bridgehead atoms.